The largest absolute Gasteiger partial charge is 0.423 e. The molecule has 0 amide bonds. The van der Waals surface area contributed by atoms with Gasteiger partial charge in [-0.15, -0.1) is 0 Å². The quantitative estimate of drug-likeness (QED) is 0.499. The second-order valence-electron chi connectivity index (χ2n) is 4.77. The molecular formula is C13H13F3N2O4S. The van der Waals surface area contributed by atoms with Gasteiger partial charge in [-0.25, -0.2) is 8.42 Å². The fourth-order valence-electron chi connectivity index (χ4n) is 1.64. The molecule has 0 fully saturated rings. The summed E-state index contributed by atoms with van der Waals surface area (Å²) >= 11 is 0. The first-order chi connectivity index (χ1) is 10.3. The number of nitro benzene ring substituents is 1. The van der Waals surface area contributed by atoms with E-state index in [-0.39, 0.29) is 5.56 Å². The lowest BCUT2D eigenvalue weighted by Gasteiger charge is -2.13. The first-order valence-corrected chi connectivity index (χ1v) is 7.91. The van der Waals surface area contributed by atoms with Crippen LogP contribution in [0.2, 0.25) is 0 Å². The van der Waals surface area contributed by atoms with Crippen molar-refractivity contribution in [1.29, 1.82) is 0 Å². The molecule has 0 saturated heterocycles. The highest BCUT2D eigenvalue weighted by Gasteiger charge is 2.39. The molecule has 0 aromatic heterocycles. The highest BCUT2D eigenvalue weighted by Crippen LogP contribution is 2.39. The van der Waals surface area contributed by atoms with Crippen LogP contribution in [0.4, 0.5) is 24.5 Å². The van der Waals surface area contributed by atoms with Gasteiger partial charge in [0.05, 0.1) is 16.9 Å². The molecule has 0 aliphatic carbocycles. The Kier molecular flexibility index (Phi) is 5.20. The molecule has 1 aromatic rings. The molecule has 0 saturated carbocycles. The van der Waals surface area contributed by atoms with E-state index in [1.165, 1.54) is 12.2 Å². The van der Waals surface area contributed by atoms with Crippen LogP contribution >= 0.6 is 0 Å². The minimum atomic E-state index is -5.01. The second kappa shape index (κ2) is 6.41. The van der Waals surface area contributed by atoms with E-state index in [4.69, 9.17) is 0 Å². The molecule has 1 N–H and O–H groups in total. The number of hydrogen-bond acceptors (Lipinski definition) is 4. The number of nitrogens with one attached hydrogen (secondary N) is 1. The molecule has 10 heteroatoms. The van der Waals surface area contributed by atoms with Crippen molar-refractivity contribution in [3.8, 4) is 0 Å². The van der Waals surface area contributed by atoms with Crippen molar-refractivity contribution in [2.24, 2.45) is 0 Å². The van der Waals surface area contributed by atoms with Gasteiger partial charge in [-0.1, -0.05) is 24.3 Å². The normalized spacial score (nSPS) is 12.4. The average molecular weight is 350 g/mol. The first-order valence-electron chi connectivity index (χ1n) is 6.02. The highest BCUT2D eigenvalue weighted by atomic mass is 32.2. The van der Waals surface area contributed by atoms with E-state index in [0.717, 1.165) is 6.26 Å². The van der Waals surface area contributed by atoms with Gasteiger partial charge in [-0.3, -0.25) is 14.8 Å². The van der Waals surface area contributed by atoms with Crippen molar-refractivity contribution >= 4 is 27.5 Å². The predicted molar refractivity (Wildman–Crippen MR) is 80.4 cm³/mol. The molecule has 6 nitrogen and oxygen atoms in total. The van der Waals surface area contributed by atoms with Gasteiger partial charge >= 0.3 is 6.18 Å². The van der Waals surface area contributed by atoms with Crippen molar-refractivity contribution < 1.29 is 26.5 Å². The van der Waals surface area contributed by atoms with E-state index in [1.54, 1.807) is 6.92 Å². The van der Waals surface area contributed by atoms with Crippen molar-refractivity contribution in [3.63, 3.8) is 0 Å². The van der Waals surface area contributed by atoms with E-state index in [1.807, 2.05) is 4.72 Å². The maximum atomic E-state index is 13.0. The standard InChI is InChI=1S/C13H13F3N2O4S/c1-8(2)4-5-9-6-12(18(19)20)10(13(14,15)16)7-11(9)17-23(3,21)22/h4-7,17H,1H2,2-3H3/b5-4+. The van der Waals surface area contributed by atoms with Crippen molar-refractivity contribution in [3.05, 3.63) is 51.6 Å². The number of halogens is 3. The lowest BCUT2D eigenvalue weighted by molar-refractivity contribution is -0.388. The van der Waals surface area contributed by atoms with Crippen molar-refractivity contribution in [1.82, 2.24) is 0 Å². The number of sulfonamides is 1. The zero-order valence-electron chi connectivity index (χ0n) is 12.1. The summed E-state index contributed by atoms with van der Waals surface area (Å²) in [6, 6.07) is 1.06. The van der Waals surface area contributed by atoms with Crippen LogP contribution in [0.1, 0.15) is 18.1 Å². The van der Waals surface area contributed by atoms with E-state index in [0.29, 0.717) is 17.7 Å². The fraction of sp³-hybridized carbons (Fsp3) is 0.231. The lowest BCUT2D eigenvalue weighted by atomic mass is 10.1. The number of nitrogens with zero attached hydrogens (tertiary/aromatic N) is 1. The molecule has 1 rings (SSSR count). The van der Waals surface area contributed by atoms with E-state index < -0.39 is 38.1 Å². The molecule has 0 aliphatic heterocycles. The minimum absolute atomic E-state index is 0.0851. The molecule has 0 aliphatic rings. The lowest BCUT2D eigenvalue weighted by Crippen LogP contribution is -2.14. The summed E-state index contributed by atoms with van der Waals surface area (Å²) in [6.45, 7) is 5.15. The number of allylic oxidation sites excluding steroid dienone is 2. The Hall–Kier alpha value is -2.36. The molecule has 0 unspecified atom stereocenters. The van der Waals surface area contributed by atoms with E-state index in [9.17, 15) is 31.7 Å². The maximum Gasteiger partial charge on any atom is 0.423 e. The van der Waals surface area contributed by atoms with Gasteiger partial charge < -0.3 is 0 Å². The Balaban J connectivity index is 3.69. The van der Waals surface area contributed by atoms with Gasteiger partial charge in [-0.2, -0.15) is 13.2 Å². The second-order valence-corrected chi connectivity index (χ2v) is 6.51. The zero-order chi connectivity index (χ0) is 18.0. The predicted octanol–water partition coefficient (Wildman–Crippen LogP) is 3.57. The Morgan fingerprint density at radius 2 is 1.96 bits per heavy atom. The number of rotatable bonds is 5. The maximum absolute atomic E-state index is 13.0. The number of benzene rings is 1. The number of alkyl halides is 3. The number of hydrogen-bond donors (Lipinski definition) is 1. The van der Waals surface area contributed by atoms with Crippen LogP contribution in [-0.2, 0) is 16.2 Å². The summed E-state index contributed by atoms with van der Waals surface area (Å²) < 4.78 is 63.4. The van der Waals surface area contributed by atoms with E-state index >= 15 is 0 Å². The first kappa shape index (κ1) is 18.7. The Labute approximate surface area is 130 Å². The van der Waals surface area contributed by atoms with Crippen molar-refractivity contribution in [2.45, 2.75) is 13.1 Å². The Morgan fingerprint density at radius 3 is 2.35 bits per heavy atom. The fourth-order valence-corrected chi connectivity index (χ4v) is 2.22. The molecule has 1 aromatic carbocycles. The molecule has 0 bridgehead atoms. The minimum Gasteiger partial charge on any atom is -0.283 e. The van der Waals surface area contributed by atoms with Gasteiger partial charge in [0.1, 0.15) is 5.56 Å². The molecule has 0 spiro atoms. The Bertz CT molecular complexity index is 783. The summed E-state index contributed by atoms with van der Waals surface area (Å²) in [4.78, 5) is 9.71. The molecule has 0 radical (unpaired) electrons. The molecule has 0 heterocycles. The van der Waals surface area contributed by atoms with Gasteiger partial charge in [0.2, 0.25) is 10.0 Å². The molecule has 0 atom stereocenters. The van der Waals surface area contributed by atoms with Crippen LogP contribution in [0.15, 0.2) is 30.4 Å². The third-order valence-corrected chi connectivity index (χ3v) is 3.10. The molecule has 126 valence electrons. The smallest absolute Gasteiger partial charge is 0.283 e. The summed E-state index contributed by atoms with van der Waals surface area (Å²) in [5.41, 5.74) is -2.68. The van der Waals surface area contributed by atoms with Crippen LogP contribution in [-0.4, -0.2) is 19.6 Å². The van der Waals surface area contributed by atoms with Crippen LogP contribution < -0.4 is 4.72 Å². The van der Waals surface area contributed by atoms with Crippen LogP contribution in [0.5, 0.6) is 0 Å². The summed E-state index contributed by atoms with van der Waals surface area (Å²) in [6.07, 6.45) is -1.62. The van der Waals surface area contributed by atoms with Crippen LogP contribution in [0.3, 0.4) is 0 Å². The third-order valence-electron chi connectivity index (χ3n) is 2.51. The zero-order valence-corrected chi connectivity index (χ0v) is 13.0. The monoisotopic (exact) mass is 350 g/mol. The van der Waals surface area contributed by atoms with Gasteiger partial charge in [0, 0.05) is 11.6 Å². The molecular weight excluding hydrogens is 337 g/mol. The average Bonchev–Trinajstić information content (AvgIpc) is 2.33. The van der Waals surface area contributed by atoms with Crippen molar-refractivity contribution in [2.75, 3.05) is 11.0 Å². The van der Waals surface area contributed by atoms with Gasteiger partial charge in [0.25, 0.3) is 5.69 Å². The Morgan fingerprint density at radius 1 is 1.39 bits per heavy atom. The van der Waals surface area contributed by atoms with Crippen LogP contribution in [0, 0.1) is 10.1 Å². The summed E-state index contributed by atoms with van der Waals surface area (Å²) in [7, 11) is -3.88. The number of anilines is 1. The highest BCUT2D eigenvalue weighted by molar-refractivity contribution is 7.92. The number of nitro groups is 1. The van der Waals surface area contributed by atoms with Crippen LogP contribution in [0.25, 0.3) is 6.08 Å². The van der Waals surface area contributed by atoms with Gasteiger partial charge in [-0.05, 0) is 13.0 Å². The summed E-state index contributed by atoms with van der Waals surface area (Å²) in [5, 5.41) is 10.9. The van der Waals surface area contributed by atoms with E-state index in [2.05, 4.69) is 6.58 Å². The SMILES string of the molecule is C=C(C)/C=C/c1cc([N+](=O)[O-])c(C(F)(F)F)cc1NS(C)(=O)=O. The molecule has 23 heavy (non-hydrogen) atoms. The topological polar surface area (TPSA) is 89.3 Å². The van der Waals surface area contributed by atoms with Gasteiger partial charge in [0.15, 0.2) is 0 Å². The summed E-state index contributed by atoms with van der Waals surface area (Å²) in [5.74, 6) is 0. The third kappa shape index (κ3) is 5.40.